The molecule has 1 aromatic carbocycles. The van der Waals surface area contributed by atoms with Crippen LogP contribution < -0.4 is 4.46 Å². The summed E-state index contributed by atoms with van der Waals surface area (Å²) in [5.74, 6) is 6.84. The number of hydrogen-bond donors (Lipinski definition) is 0. The van der Waals surface area contributed by atoms with E-state index in [1.807, 2.05) is 0 Å². The fourth-order valence-electron chi connectivity index (χ4n) is 3.31. The molecule has 0 bridgehead atoms. The van der Waals surface area contributed by atoms with Gasteiger partial charge in [0.15, 0.2) is 0 Å². The SMILES string of the molecule is CCCC#CC[C@@]1(C(=O)OC)CCC[C@@H]1C[Se]c1ccccc1. The van der Waals surface area contributed by atoms with Gasteiger partial charge >= 0.3 is 146 Å². The van der Waals surface area contributed by atoms with Crippen molar-refractivity contribution >= 4 is 25.4 Å². The first-order valence-corrected chi connectivity index (χ1v) is 10.5. The molecule has 0 aromatic heterocycles. The van der Waals surface area contributed by atoms with Gasteiger partial charge in [-0.3, -0.25) is 0 Å². The van der Waals surface area contributed by atoms with Crippen molar-refractivity contribution < 1.29 is 9.53 Å². The summed E-state index contributed by atoms with van der Waals surface area (Å²) in [6, 6.07) is 10.6. The molecule has 23 heavy (non-hydrogen) atoms. The van der Waals surface area contributed by atoms with Crippen LogP contribution in [0.3, 0.4) is 0 Å². The molecule has 2 nitrogen and oxygen atoms in total. The Kier molecular flexibility index (Phi) is 7.21. The number of carbonyl (C=O) groups excluding carboxylic acids is 1. The van der Waals surface area contributed by atoms with Gasteiger partial charge < -0.3 is 0 Å². The zero-order chi connectivity index (χ0) is 16.5. The van der Waals surface area contributed by atoms with Gasteiger partial charge in [0, 0.05) is 0 Å². The number of hydrogen-bond acceptors (Lipinski definition) is 2. The maximum atomic E-state index is 12.5. The molecule has 0 heterocycles. The summed E-state index contributed by atoms with van der Waals surface area (Å²) < 4.78 is 6.58. The number of unbranched alkanes of at least 4 members (excludes halogenated alkanes) is 1. The minimum absolute atomic E-state index is 0.0466. The summed E-state index contributed by atoms with van der Waals surface area (Å²) in [5, 5.41) is 1.10. The third kappa shape index (κ3) is 4.63. The number of rotatable bonds is 6. The van der Waals surface area contributed by atoms with Crippen LogP contribution in [0.15, 0.2) is 30.3 Å². The van der Waals surface area contributed by atoms with Crippen molar-refractivity contribution in [2.24, 2.45) is 11.3 Å². The molecule has 0 radical (unpaired) electrons. The molecule has 0 saturated heterocycles. The monoisotopic (exact) mass is 378 g/mol. The van der Waals surface area contributed by atoms with Crippen LogP contribution in [0, 0.1) is 23.2 Å². The second kappa shape index (κ2) is 9.16. The summed E-state index contributed by atoms with van der Waals surface area (Å²) in [6.45, 7) is 2.13. The average Bonchev–Trinajstić information content (AvgIpc) is 3.01. The Morgan fingerprint density at radius 2 is 2.13 bits per heavy atom. The van der Waals surface area contributed by atoms with E-state index >= 15 is 0 Å². The molecular formula is C20H26O2Se. The molecule has 1 aliphatic carbocycles. The Labute approximate surface area is 146 Å². The van der Waals surface area contributed by atoms with Gasteiger partial charge in [-0.25, -0.2) is 0 Å². The predicted molar refractivity (Wildman–Crippen MR) is 95.7 cm³/mol. The molecule has 1 saturated carbocycles. The van der Waals surface area contributed by atoms with Crippen molar-refractivity contribution in [3.05, 3.63) is 30.3 Å². The summed E-state index contributed by atoms with van der Waals surface area (Å²) in [5.41, 5.74) is -0.369. The van der Waals surface area contributed by atoms with E-state index < -0.39 is 0 Å². The Morgan fingerprint density at radius 3 is 2.83 bits per heavy atom. The quantitative estimate of drug-likeness (QED) is 0.430. The van der Waals surface area contributed by atoms with Gasteiger partial charge in [-0.1, -0.05) is 0 Å². The molecule has 1 fully saturated rings. The van der Waals surface area contributed by atoms with Gasteiger partial charge in [0.25, 0.3) is 0 Å². The van der Waals surface area contributed by atoms with Crippen LogP contribution >= 0.6 is 0 Å². The fraction of sp³-hybridized carbons (Fsp3) is 0.550. The van der Waals surface area contributed by atoms with Gasteiger partial charge in [-0.15, -0.1) is 0 Å². The first-order chi connectivity index (χ1) is 11.2. The Morgan fingerprint density at radius 1 is 1.35 bits per heavy atom. The molecule has 3 heteroatoms. The van der Waals surface area contributed by atoms with E-state index in [1.54, 1.807) is 0 Å². The zero-order valence-corrected chi connectivity index (χ0v) is 15.9. The summed E-state index contributed by atoms with van der Waals surface area (Å²) >= 11 is 0.409. The van der Waals surface area contributed by atoms with Gasteiger partial charge in [0.1, 0.15) is 0 Å². The maximum absolute atomic E-state index is 12.5. The molecule has 2 rings (SSSR count). The molecular weight excluding hydrogens is 351 g/mol. The van der Waals surface area contributed by atoms with Crippen LogP contribution in [0.4, 0.5) is 0 Å². The molecule has 0 spiro atoms. The first-order valence-electron chi connectivity index (χ1n) is 8.45. The van der Waals surface area contributed by atoms with E-state index in [0.717, 1.165) is 37.4 Å². The van der Waals surface area contributed by atoms with E-state index in [1.165, 1.54) is 11.6 Å². The van der Waals surface area contributed by atoms with Crippen LogP contribution in [0.25, 0.3) is 0 Å². The van der Waals surface area contributed by atoms with Crippen LogP contribution in [0.5, 0.6) is 0 Å². The van der Waals surface area contributed by atoms with Gasteiger partial charge in [0.05, 0.1) is 0 Å². The van der Waals surface area contributed by atoms with Crippen molar-refractivity contribution in [3.8, 4) is 11.8 Å². The standard InChI is InChI=1S/C20H26O2Se/c1-3-4-5-9-14-20(19(21)22-2)15-10-11-17(20)16-23-18-12-7-6-8-13-18/h6-8,12-13,17H,3-4,10-11,14-16H2,1-2H3/t17-,20-/m1/s1. The normalized spacial score (nSPS) is 23.1. The van der Waals surface area contributed by atoms with Crippen LogP contribution in [-0.2, 0) is 9.53 Å². The zero-order valence-electron chi connectivity index (χ0n) is 14.1. The van der Waals surface area contributed by atoms with Gasteiger partial charge in [-0.05, 0) is 0 Å². The second-order valence-electron chi connectivity index (χ2n) is 6.14. The number of carbonyl (C=O) groups is 1. The van der Waals surface area contributed by atoms with Crippen molar-refractivity contribution in [3.63, 3.8) is 0 Å². The fourth-order valence-corrected chi connectivity index (χ4v) is 5.89. The Balaban J connectivity index is 2.08. The van der Waals surface area contributed by atoms with Gasteiger partial charge in [-0.2, -0.15) is 0 Å². The molecule has 0 unspecified atom stereocenters. The number of methoxy groups -OCH3 is 1. The van der Waals surface area contributed by atoms with Crippen molar-refractivity contribution in [1.82, 2.24) is 0 Å². The molecule has 0 amide bonds. The Bertz CT molecular complexity index is 558. The molecule has 1 aromatic rings. The number of esters is 1. The van der Waals surface area contributed by atoms with Crippen molar-refractivity contribution in [1.29, 1.82) is 0 Å². The average molecular weight is 377 g/mol. The predicted octanol–water partition coefficient (Wildman–Crippen LogP) is 3.59. The summed E-state index contributed by atoms with van der Waals surface area (Å²) in [7, 11) is 1.52. The topological polar surface area (TPSA) is 26.3 Å². The van der Waals surface area contributed by atoms with Crippen LogP contribution in [-0.4, -0.2) is 28.0 Å². The van der Waals surface area contributed by atoms with E-state index in [0.29, 0.717) is 27.3 Å². The van der Waals surface area contributed by atoms with E-state index in [4.69, 9.17) is 4.74 Å². The Hall–Kier alpha value is -1.23. The molecule has 124 valence electrons. The van der Waals surface area contributed by atoms with E-state index in [9.17, 15) is 4.79 Å². The second-order valence-corrected chi connectivity index (χ2v) is 8.44. The van der Waals surface area contributed by atoms with E-state index in [2.05, 4.69) is 49.1 Å². The summed E-state index contributed by atoms with van der Waals surface area (Å²) in [6.07, 6.45) is 5.80. The summed E-state index contributed by atoms with van der Waals surface area (Å²) in [4.78, 5) is 12.5. The number of ether oxygens (including phenoxy) is 1. The molecule has 0 N–H and O–H groups in total. The third-order valence-electron chi connectivity index (χ3n) is 4.65. The van der Waals surface area contributed by atoms with Crippen LogP contribution in [0.1, 0.15) is 45.4 Å². The van der Waals surface area contributed by atoms with Crippen LogP contribution in [0.2, 0.25) is 5.32 Å². The molecule has 0 aliphatic heterocycles. The van der Waals surface area contributed by atoms with E-state index in [-0.39, 0.29) is 11.4 Å². The van der Waals surface area contributed by atoms with Crippen molar-refractivity contribution in [2.75, 3.05) is 7.11 Å². The molecule has 2 atom stereocenters. The van der Waals surface area contributed by atoms with Gasteiger partial charge in [0.2, 0.25) is 0 Å². The molecule has 1 aliphatic rings. The minimum atomic E-state index is -0.369. The number of benzene rings is 1. The third-order valence-corrected chi connectivity index (χ3v) is 7.11. The van der Waals surface area contributed by atoms with Crippen molar-refractivity contribution in [2.45, 2.75) is 50.8 Å². The first kappa shape index (κ1) is 18.1.